The highest BCUT2D eigenvalue weighted by molar-refractivity contribution is 5.30. The van der Waals surface area contributed by atoms with Crippen molar-refractivity contribution in [3.05, 3.63) is 29.6 Å². The molecule has 0 saturated carbocycles. The van der Waals surface area contributed by atoms with E-state index in [1.165, 1.54) is 6.20 Å². The molecular formula is C8H6F3NO. The Bertz CT molecular complexity index is 319. The molecule has 0 amide bonds. The van der Waals surface area contributed by atoms with Gasteiger partial charge in [0.2, 0.25) is 0 Å². The number of rotatable bonds is 1. The third-order valence-corrected chi connectivity index (χ3v) is 1.84. The highest BCUT2D eigenvalue weighted by Gasteiger charge is 2.38. The molecule has 5 heteroatoms. The van der Waals surface area contributed by atoms with E-state index in [-0.39, 0.29) is 5.56 Å². The molecule has 13 heavy (non-hydrogen) atoms. The molecule has 1 aliphatic heterocycles. The fraction of sp³-hybridized carbons (Fsp3) is 0.375. The minimum atomic E-state index is -4.32. The largest absolute Gasteiger partial charge is 0.416 e. The van der Waals surface area contributed by atoms with Crippen molar-refractivity contribution >= 4 is 0 Å². The summed E-state index contributed by atoms with van der Waals surface area (Å²) in [5.74, 6) is 0. The highest BCUT2D eigenvalue weighted by atomic mass is 19.4. The van der Waals surface area contributed by atoms with Crippen LogP contribution in [0.1, 0.15) is 17.2 Å². The maximum absolute atomic E-state index is 12.4. The van der Waals surface area contributed by atoms with Crippen LogP contribution < -0.4 is 0 Å². The third-order valence-electron chi connectivity index (χ3n) is 1.84. The lowest BCUT2D eigenvalue weighted by molar-refractivity contribution is -0.138. The monoisotopic (exact) mass is 189 g/mol. The van der Waals surface area contributed by atoms with Crippen molar-refractivity contribution in [2.24, 2.45) is 0 Å². The topological polar surface area (TPSA) is 25.4 Å². The average molecular weight is 189 g/mol. The predicted molar refractivity (Wildman–Crippen MR) is 37.9 cm³/mol. The number of aromatic nitrogens is 1. The van der Waals surface area contributed by atoms with Gasteiger partial charge in [0.15, 0.2) is 0 Å². The van der Waals surface area contributed by atoms with Crippen LogP contribution in [-0.4, -0.2) is 11.6 Å². The maximum Gasteiger partial charge on any atom is 0.416 e. The Morgan fingerprint density at radius 2 is 2.15 bits per heavy atom. The molecule has 1 aromatic rings. The van der Waals surface area contributed by atoms with Gasteiger partial charge >= 0.3 is 6.18 Å². The first-order chi connectivity index (χ1) is 6.09. The Morgan fingerprint density at radius 3 is 2.69 bits per heavy atom. The van der Waals surface area contributed by atoms with E-state index in [0.717, 1.165) is 12.3 Å². The van der Waals surface area contributed by atoms with Gasteiger partial charge in [-0.25, -0.2) is 0 Å². The highest BCUT2D eigenvalue weighted by Crippen LogP contribution is 2.39. The van der Waals surface area contributed by atoms with Crippen molar-refractivity contribution in [3.63, 3.8) is 0 Å². The lowest BCUT2D eigenvalue weighted by Crippen LogP contribution is -2.09. The Kier molecular flexibility index (Phi) is 1.76. The first-order valence-corrected chi connectivity index (χ1v) is 3.72. The Hall–Kier alpha value is -1.10. The summed E-state index contributed by atoms with van der Waals surface area (Å²) in [4.78, 5) is 3.64. The van der Waals surface area contributed by atoms with Crippen LogP contribution in [0, 0.1) is 0 Å². The second kappa shape index (κ2) is 2.70. The zero-order valence-electron chi connectivity index (χ0n) is 6.51. The van der Waals surface area contributed by atoms with Crippen LogP contribution in [-0.2, 0) is 10.9 Å². The fourth-order valence-corrected chi connectivity index (χ4v) is 1.15. The molecule has 1 aliphatic rings. The number of epoxide rings is 1. The van der Waals surface area contributed by atoms with Crippen LogP contribution in [0.4, 0.5) is 13.2 Å². The zero-order chi connectivity index (χ0) is 9.47. The first kappa shape index (κ1) is 8.50. The summed E-state index contributed by atoms with van der Waals surface area (Å²) in [7, 11) is 0. The number of alkyl halides is 3. The predicted octanol–water partition coefficient (Wildman–Crippen LogP) is 2.17. The molecule has 2 heterocycles. The second-order valence-electron chi connectivity index (χ2n) is 2.78. The molecule has 0 spiro atoms. The molecule has 1 fully saturated rings. The second-order valence-corrected chi connectivity index (χ2v) is 2.78. The number of ether oxygens (including phenoxy) is 1. The smallest absolute Gasteiger partial charge is 0.368 e. The van der Waals surface area contributed by atoms with Gasteiger partial charge in [0.05, 0.1) is 12.2 Å². The van der Waals surface area contributed by atoms with Crippen LogP contribution in [0.15, 0.2) is 18.5 Å². The molecule has 1 atom stereocenters. The quantitative estimate of drug-likeness (QED) is 0.632. The molecular weight excluding hydrogens is 183 g/mol. The van der Waals surface area contributed by atoms with E-state index in [9.17, 15) is 13.2 Å². The summed E-state index contributed by atoms with van der Waals surface area (Å²) in [5.41, 5.74) is -0.514. The summed E-state index contributed by atoms with van der Waals surface area (Å²) in [6.07, 6.45) is -2.38. The van der Waals surface area contributed by atoms with Gasteiger partial charge in [-0.15, -0.1) is 0 Å². The van der Waals surface area contributed by atoms with Crippen LogP contribution in [0.2, 0.25) is 0 Å². The lowest BCUT2D eigenvalue weighted by Gasteiger charge is -2.09. The minimum Gasteiger partial charge on any atom is -0.368 e. The normalized spacial score (nSPS) is 21.6. The van der Waals surface area contributed by atoms with Gasteiger partial charge in [-0.05, 0) is 6.07 Å². The number of nitrogens with zero attached hydrogens (tertiary/aromatic N) is 1. The summed E-state index contributed by atoms with van der Waals surface area (Å²) < 4.78 is 41.8. The van der Waals surface area contributed by atoms with Crippen LogP contribution in [0.3, 0.4) is 0 Å². The molecule has 0 N–H and O–H groups in total. The van der Waals surface area contributed by atoms with Crippen molar-refractivity contribution in [1.82, 2.24) is 4.98 Å². The van der Waals surface area contributed by atoms with Gasteiger partial charge in [0.1, 0.15) is 6.10 Å². The molecule has 0 bridgehead atoms. The van der Waals surface area contributed by atoms with E-state index in [0.29, 0.717) is 6.61 Å². The Balaban J connectivity index is 2.43. The Morgan fingerprint density at radius 1 is 1.46 bits per heavy atom. The van der Waals surface area contributed by atoms with Crippen LogP contribution in [0.5, 0.6) is 0 Å². The van der Waals surface area contributed by atoms with Gasteiger partial charge in [0, 0.05) is 18.0 Å². The van der Waals surface area contributed by atoms with Gasteiger partial charge in [-0.2, -0.15) is 13.2 Å². The molecule has 2 nitrogen and oxygen atoms in total. The van der Waals surface area contributed by atoms with E-state index in [4.69, 9.17) is 4.74 Å². The van der Waals surface area contributed by atoms with E-state index < -0.39 is 17.8 Å². The van der Waals surface area contributed by atoms with Crippen molar-refractivity contribution < 1.29 is 17.9 Å². The van der Waals surface area contributed by atoms with Crippen molar-refractivity contribution in [1.29, 1.82) is 0 Å². The number of pyridine rings is 1. The van der Waals surface area contributed by atoms with Crippen LogP contribution >= 0.6 is 0 Å². The fourth-order valence-electron chi connectivity index (χ4n) is 1.15. The van der Waals surface area contributed by atoms with E-state index >= 15 is 0 Å². The van der Waals surface area contributed by atoms with Crippen molar-refractivity contribution in [2.75, 3.05) is 6.61 Å². The van der Waals surface area contributed by atoms with Crippen molar-refractivity contribution in [3.8, 4) is 0 Å². The molecule has 0 radical (unpaired) electrons. The van der Waals surface area contributed by atoms with Gasteiger partial charge in [-0.1, -0.05) is 0 Å². The summed E-state index contributed by atoms with van der Waals surface area (Å²) in [5, 5.41) is 0. The van der Waals surface area contributed by atoms with Gasteiger partial charge in [-0.3, -0.25) is 4.98 Å². The van der Waals surface area contributed by atoms with Crippen LogP contribution in [0.25, 0.3) is 0 Å². The molecule has 1 aromatic heterocycles. The molecule has 2 rings (SSSR count). The molecule has 0 aliphatic carbocycles. The Labute approximate surface area is 72.4 Å². The minimum absolute atomic E-state index is 0.134. The SMILES string of the molecule is FC(F)(F)c1ccncc1C1CO1. The number of hydrogen-bond donors (Lipinski definition) is 0. The zero-order valence-corrected chi connectivity index (χ0v) is 6.51. The molecule has 1 unspecified atom stereocenters. The summed E-state index contributed by atoms with van der Waals surface area (Å²) in [6.45, 7) is 0.356. The molecule has 0 aromatic carbocycles. The maximum atomic E-state index is 12.4. The molecule has 1 saturated heterocycles. The molecule has 70 valence electrons. The lowest BCUT2D eigenvalue weighted by atomic mass is 10.1. The summed E-state index contributed by atoms with van der Waals surface area (Å²) in [6, 6.07) is 0.969. The van der Waals surface area contributed by atoms with E-state index in [1.54, 1.807) is 0 Å². The first-order valence-electron chi connectivity index (χ1n) is 3.72. The summed E-state index contributed by atoms with van der Waals surface area (Å²) >= 11 is 0. The third kappa shape index (κ3) is 1.65. The van der Waals surface area contributed by atoms with Gasteiger partial charge in [0.25, 0.3) is 0 Å². The van der Waals surface area contributed by atoms with E-state index in [2.05, 4.69) is 4.98 Å². The number of hydrogen-bond acceptors (Lipinski definition) is 2. The average Bonchev–Trinajstić information content (AvgIpc) is 2.85. The van der Waals surface area contributed by atoms with Crippen molar-refractivity contribution in [2.45, 2.75) is 12.3 Å². The van der Waals surface area contributed by atoms with E-state index in [1.807, 2.05) is 0 Å². The van der Waals surface area contributed by atoms with Gasteiger partial charge < -0.3 is 4.74 Å². The standard InChI is InChI=1S/C8H6F3NO/c9-8(10,11)6-1-2-12-3-5(6)7-4-13-7/h1-3,7H,4H2. The number of halogens is 3.